The third-order valence-electron chi connectivity index (χ3n) is 0.342. The molecule has 0 rings (SSSR count). The molecule has 0 amide bonds. The number of thiol groups is 1. The van der Waals surface area contributed by atoms with Crippen LogP contribution in [0.4, 0.5) is 0 Å². The average Bonchev–Trinajstić information content (AvgIpc) is 1.81. The van der Waals surface area contributed by atoms with Crippen LogP contribution in [0.5, 0.6) is 0 Å². The van der Waals surface area contributed by atoms with Crippen LogP contribution in [0.25, 0.3) is 0 Å². The first-order valence-corrected chi connectivity index (χ1v) is 3.92. The Bertz CT molecular complexity index is 204. The lowest BCUT2D eigenvalue weighted by atomic mass is 10.8. The molecular weight excluding hydrogens is 184 g/mol. The summed E-state index contributed by atoms with van der Waals surface area (Å²) in [7, 11) is -4.71. The molecular formula is C2H4O6S2. The maximum Gasteiger partial charge on any atom is 0.432 e. The number of hydrogen-bond acceptors (Lipinski definition) is 6. The maximum atomic E-state index is 10.1. The van der Waals surface area contributed by atoms with Crippen LogP contribution in [-0.4, -0.2) is 24.7 Å². The molecule has 0 atom stereocenters. The Balaban J connectivity index is 3.67. The summed E-state index contributed by atoms with van der Waals surface area (Å²) >= 11 is 3.41. The van der Waals surface area contributed by atoms with Gasteiger partial charge in [0, 0.05) is 0 Å². The van der Waals surface area contributed by atoms with Gasteiger partial charge in [-0.15, -0.1) is 0 Å². The Morgan fingerprint density at radius 3 is 2.40 bits per heavy atom. The van der Waals surface area contributed by atoms with Gasteiger partial charge < -0.3 is 0 Å². The fraction of sp³-hybridized carbons (Fsp3) is 0.500. The van der Waals surface area contributed by atoms with E-state index in [1.54, 1.807) is 0 Å². The molecule has 6 nitrogen and oxygen atoms in total. The highest BCUT2D eigenvalue weighted by molar-refractivity contribution is 7.81. The molecule has 1 N–H and O–H groups in total. The molecule has 0 fully saturated rings. The molecule has 60 valence electrons. The quantitative estimate of drug-likeness (QED) is 0.260. The molecule has 0 aliphatic rings. The van der Waals surface area contributed by atoms with Crippen molar-refractivity contribution in [3.05, 3.63) is 0 Å². The van der Waals surface area contributed by atoms with Gasteiger partial charge in [0.1, 0.15) is 0 Å². The summed E-state index contributed by atoms with van der Waals surface area (Å²) < 4.78 is 30.4. The van der Waals surface area contributed by atoms with Crippen molar-refractivity contribution in [1.82, 2.24) is 0 Å². The number of hydrogen-bond donors (Lipinski definition) is 2. The van der Waals surface area contributed by atoms with Crippen molar-refractivity contribution in [2.45, 2.75) is 0 Å². The van der Waals surface area contributed by atoms with Gasteiger partial charge in [-0.25, -0.2) is 4.79 Å². The zero-order valence-electron chi connectivity index (χ0n) is 4.55. The monoisotopic (exact) mass is 188 g/mol. The van der Waals surface area contributed by atoms with E-state index in [-0.39, 0.29) is 5.75 Å². The number of carbonyl (C=O) groups is 1. The van der Waals surface area contributed by atoms with Gasteiger partial charge in [-0.2, -0.15) is 21.0 Å². The molecule has 0 saturated heterocycles. The topological polar surface area (TPSA) is 89.9 Å². The minimum Gasteiger partial charge on any atom is -0.279 e. The van der Waals surface area contributed by atoms with E-state index in [2.05, 4.69) is 21.9 Å². The second-order valence-corrected chi connectivity index (χ2v) is 2.42. The Labute approximate surface area is 62.4 Å². The fourth-order valence-electron chi connectivity index (χ4n) is 0.107. The summed E-state index contributed by atoms with van der Waals surface area (Å²) in [4.78, 5) is 13.6. The van der Waals surface area contributed by atoms with Crippen molar-refractivity contribution in [3.63, 3.8) is 0 Å². The Kier molecular flexibility index (Phi) is 3.64. The predicted molar refractivity (Wildman–Crippen MR) is 32.6 cm³/mol. The van der Waals surface area contributed by atoms with Gasteiger partial charge in [0.15, 0.2) is 0 Å². The van der Waals surface area contributed by atoms with Crippen molar-refractivity contribution in [2.75, 3.05) is 5.75 Å². The summed E-state index contributed by atoms with van der Waals surface area (Å²) in [6.07, 6.45) is 0. The minimum atomic E-state index is -4.71. The van der Waals surface area contributed by atoms with Crippen molar-refractivity contribution >= 4 is 29.0 Å². The van der Waals surface area contributed by atoms with E-state index in [1.165, 1.54) is 0 Å². The number of rotatable bonds is 3. The molecule has 0 spiro atoms. The van der Waals surface area contributed by atoms with Crippen LogP contribution in [0.1, 0.15) is 0 Å². The smallest absolute Gasteiger partial charge is 0.279 e. The van der Waals surface area contributed by atoms with Gasteiger partial charge in [0.25, 0.3) is 0 Å². The Morgan fingerprint density at radius 1 is 1.60 bits per heavy atom. The van der Waals surface area contributed by atoms with Gasteiger partial charge in [0.2, 0.25) is 0 Å². The van der Waals surface area contributed by atoms with Crippen LogP contribution in [0.3, 0.4) is 0 Å². The molecule has 0 unspecified atom stereocenters. The van der Waals surface area contributed by atoms with Crippen LogP contribution < -0.4 is 0 Å². The molecule has 0 aromatic rings. The molecule has 0 aliphatic carbocycles. The highest BCUT2D eigenvalue weighted by Crippen LogP contribution is 1.89. The number of carbonyl (C=O) groups excluding carboxylic acids is 1. The molecule has 0 saturated carbocycles. The van der Waals surface area contributed by atoms with Crippen LogP contribution in [0.15, 0.2) is 0 Å². The van der Waals surface area contributed by atoms with E-state index in [4.69, 9.17) is 4.55 Å². The first-order valence-electron chi connectivity index (χ1n) is 1.93. The zero-order valence-corrected chi connectivity index (χ0v) is 6.26. The van der Waals surface area contributed by atoms with E-state index in [0.29, 0.717) is 0 Å². The third-order valence-corrected chi connectivity index (χ3v) is 0.840. The van der Waals surface area contributed by atoms with Gasteiger partial charge in [-0.1, -0.05) is 0 Å². The summed E-state index contributed by atoms with van der Waals surface area (Å²) in [5, 5.41) is 0. The highest BCUT2D eigenvalue weighted by atomic mass is 32.3. The van der Waals surface area contributed by atoms with E-state index < -0.39 is 16.4 Å². The van der Waals surface area contributed by atoms with Crippen molar-refractivity contribution < 1.29 is 27.0 Å². The molecule has 0 aromatic carbocycles. The summed E-state index contributed by atoms with van der Waals surface area (Å²) in [6, 6.07) is 0. The van der Waals surface area contributed by atoms with Gasteiger partial charge >= 0.3 is 16.4 Å². The molecule has 0 radical (unpaired) electrons. The van der Waals surface area contributed by atoms with E-state index in [1.807, 2.05) is 0 Å². The molecule has 8 heteroatoms. The highest BCUT2D eigenvalue weighted by Gasteiger charge is 2.09. The van der Waals surface area contributed by atoms with Crippen LogP contribution in [0.2, 0.25) is 0 Å². The Morgan fingerprint density at radius 2 is 2.10 bits per heavy atom. The SMILES string of the molecule is O=C(CS)OOS(=O)(=O)O. The lowest BCUT2D eigenvalue weighted by Crippen LogP contribution is -2.11. The second-order valence-electron chi connectivity index (χ2n) is 1.11. The molecule has 0 aliphatic heterocycles. The lowest BCUT2D eigenvalue weighted by molar-refractivity contribution is -0.211. The normalized spacial score (nSPS) is 11.0. The van der Waals surface area contributed by atoms with Crippen molar-refractivity contribution in [3.8, 4) is 0 Å². The summed E-state index contributed by atoms with van der Waals surface area (Å²) in [5.74, 6) is -1.35. The fourth-order valence-corrected chi connectivity index (χ4v) is 0.322. The Hall–Kier alpha value is -0.310. The minimum absolute atomic E-state index is 0.338. The van der Waals surface area contributed by atoms with E-state index in [9.17, 15) is 13.2 Å². The first kappa shape index (κ1) is 9.69. The van der Waals surface area contributed by atoms with Crippen LogP contribution in [0, 0.1) is 0 Å². The van der Waals surface area contributed by atoms with Gasteiger partial charge in [0.05, 0.1) is 5.75 Å². The molecule has 0 aromatic heterocycles. The molecule has 0 bridgehead atoms. The second kappa shape index (κ2) is 3.76. The van der Waals surface area contributed by atoms with Gasteiger partial charge in [-0.3, -0.25) is 9.44 Å². The van der Waals surface area contributed by atoms with Crippen LogP contribution >= 0.6 is 12.6 Å². The third kappa shape index (κ3) is 5.82. The molecule has 0 heterocycles. The van der Waals surface area contributed by atoms with Crippen LogP contribution in [-0.2, 0) is 24.4 Å². The van der Waals surface area contributed by atoms with Gasteiger partial charge in [-0.05, 0) is 4.33 Å². The summed E-state index contributed by atoms with van der Waals surface area (Å²) in [6.45, 7) is 0. The van der Waals surface area contributed by atoms with Crippen molar-refractivity contribution in [2.24, 2.45) is 0 Å². The van der Waals surface area contributed by atoms with Crippen molar-refractivity contribution in [1.29, 1.82) is 0 Å². The maximum absolute atomic E-state index is 10.1. The van der Waals surface area contributed by atoms with E-state index in [0.717, 1.165) is 0 Å². The zero-order chi connectivity index (χ0) is 8.20. The predicted octanol–water partition coefficient (Wildman–Crippen LogP) is -0.806. The lowest BCUT2D eigenvalue weighted by Gasteiger charge is -1.94. The largest absolute Gasteiger partial charge is 0.432 e. The first-order chi connectivity index (χ1) is 4.45. The average molecular weight is 188 g/mol. The summed E-state index contributed by atoms with van der Waals surface area (Å²) in [5.41, 5.74) is 0. The molecule has 10 heavy (non-hydrogen) atoms. The van der Waals surface area contributed by atoms with E-state index >= 15 is 0 Å². The standard InChI is InChI=1S/C2H4O6S2/c3-2(1-9)7-8-10(4,5)6/h9H,1H2,(H,4,5,6).